The molecule has 1 aliphatic carbocycles. The molecule has 2 fully saturated rings. The van der Waals surface area contributed by atoms with Crippen LogP contribution >= 0.6 is 0 Å². The molecule has 1 heterocycles. The predicted molar refractivity (Wildman–Crippen MR) is 80.1 cm³/mol. The van der Waals surface area contributed by atoms with Gasteiger partial charge in [-0.3, -0.25) is 9.59 Å². The average molecular weight is 303 g/mol. The Balaban J connectivity index is 1.69. The summed E-state index contributed by atoms with van der Waals surface area (Å²) in [5.41, 5.74) is -0.346. The minimum Gasteiger partial charge on any atom is -0.480 e. The van der Waals surface area contributed by atoms with Gasteiger partial charge >= 0.3 is 5.97 Å². The molecule has 2 atom stereocenters. The molecular formula is C17H21NO4. The minimum atomic E-state index is -1.18. The second-order valence-corrected chi connectivity index (χ2v) is 6.34. The van der Waals surface area contributed by atoms with Gasteiger partial charge in [0.05, 0.1) is 6.10 Å². The number of nitrogens with zero attached hydrogens (tertiary/aromatic N) is 1. The zero-order valence-corrected chi connectivity index (χ0v) is 12.4. The summed E-state index contributed by atoms with van der Waals surface area (Å²) < 4.78 is 0. The van der Waals surface area contributed by atoms with E-state index < -0.39 is 17.5 Å². The first kappa shape index (κ1) is 15.0. The molecular weight excluding hydrogens is 282 g/mol. The van der Waals surface area contributed by atoms with Crippen LogP contribution in [-0.2, 0) is 9.59 Å². The average Bonchev–Trinajstić information content (AvgIpc) is 3.22. The highest BCUT2D eigenvalue weighted by Gasteiger charge is 2.59. The molecule has 1 aromatic carbocycles. The van der Waals surface area contributed by atoms with Crippen molar-refractivity contribution in [3.8, 4) is 0 Å². The first-order chi connectivity index (χ1) is 10.5. The van der Waals surface area contributed by atoms with Crippen LogP contribution in [0.3, 0.4) is 0 Å². The van der Waals surface area contributed by atoms with Crippen LogP contribution in [0.4, 0.5) is 0 Å². The van der Waals surface area contributed by atoms with E-state index >= 15 is 0 Å². The van der Waals surface area contributed by atoms with Crippen molar-refractivity contribution in [1.82, 2.24) is 4.90 Å². The quantitative estimate of drug-likeness (QED) is 0.815. The molecule has 2 unspecified atom stereocenters. The summed E-state index contributed by atoms with van der Waals surface area (Å²) in [5.74, 6) is -1.27. The molecule has 1 aliphatic heterocycles. The van der Waals surface area contributed by atoms with Crippen molar-refractivity contribution in [1.29, 1.82) is 0 Å². The maximum absolute atomic E-state index is 12.6. The highest BCUT2D eigenvalue weighted by Crippen LogP contribution is 2.48. The number of hydrogen-bond donors (Lipinski definition) is 2. The number of carbonyl (C=O) groups is 2. The molecule has 3 rings (SSSR count). The van der Waals surface area contributed by atoms with Crippen molar-refractivity contribution in [3.05, 3.63) is 35.9 Å². The molecule has 0 spiro atoms. The first-order valence-electron chi connectivity index (χ1n) is 7.82. The third-order valence-corrected chi connectivity index (χ3v) is 4.89. The highest BCUT2D eigenvalue weighted by atomic mass is 16.4. The Morgan fingerprint density at radius 2 is 1.95 bits per heavy atom. The smallest absolute Gasteiger partial charge is 0.319 e. The number of aliphatic hydroxyl groups excluding tert-OH is 1. The van der Waals surface area contributed by atoms with Crippen molar-refractivity contribution in [2.75, 3.05) is 6.54 Å². The Morgan fingerprint density at radius 3 is 2.55 bits per heavy atom. The Labute approximate surface area is 129 Å². The molecule has 5 heteroatoms. The number of carbonyl (C=O) groups excluding carboxylic acids is 1. The zero-order chi connectivity index (χ0) is 15.7. The van der Waals surface area contributed by atoms with Gasteiger partial charge in [0.2, 0.25) is 5.91 Å². The lowest BCUT2D eigenvalue weighted by Crippen LogP contribution is -2.44. The van der Waals surface area contributed by atoms with Crippen LogP contribution in [0.2, 0.25) is 0 Å². The first-order valence-corrected chi connectivity index (χ1v) is 7.82. The van der Waals surface area contributed by atoms with E-state index in [-0.39, 0.29) is 11.9 Å². The molecule has 2 aliphatic rings. The number of aliphatic hydroxyl groups is 1. The normalized spacial score (nSPS) is 24.0. The lowest BCUT2D eigenvalue weighted by molar-refractivity contribution is -0.154. The number of rotatable bonds is 5. The summed E-state index contributed by atoms with van der Waals surface area (Å²) in [6.07, 6.45) is 2.40. The molecule has 1 saturated carbocycles. The van der Waals surface area contributed by atoms with E-state index in [1.807, 2.05) is 30.3 Å². The minimum absolute atomic E-state index is 0.0699. The van der Waals surface area contributed by atoms with Gasteiger partial charge in [0.25, 0.3) is 0 Å². The second-order valence-electron chi connectivity index (χ2n) is 6.34. The monoisotopic (exact) mass is 303 g/mol. The number of carboxylic acid groups (broad SMARTS) is 1. The van der Waals surface area contributed by atoms with Gasteiger partial charge in [-0.05, 0) is 37.7 Å². The van der Waals surface area contributed by atoms with Gasteiger partial charge in [-0.25, -0.2) is 0 Å². The Morgan fingerprint density at radius 1 is 1.27 bits per heavy atom. The van der Waals surface area contributed by atoms with Crippen molar-refractivity contribution >= 4 is 11.9 Å². The molecule has 1 amide bonds. The number of carboxylic acids is 1. The maximum Gasteiger partial charge on any atom is 0.319 e. The van der Waals surface area contributed by atoms with E-state index in [0.717, 1.165) is 18.4 Å². The molecule has 0 aromatic heterocycles. The number of hydrogen-bond acceptors (Lipinski definition) is 3. The fourth-order valence-corrected chi connectivity index (χ4v) is 3.34. The Bertz CT molecular complexity index is 567. The summed E-state index contributed by atoms with van der Waals surface area (Å²) in [6, 6.07) is 9.31. The van der Waals surface area contributed by atoms with Crippen LogP contribution in [-0.4, -0.2) is 39.6 Å². The topological polar surface area (TPSA) is 77.8 Å². The standard InChI is InChI=1S/C17H21NO4/c19-14(12-5-2-1-3-6-12)11-13-7-4-10-18(13)15(20)17(8-9-17)16(21)22/h1-3,5-6,13-14,19H,4,7-11H2,(H,21,22). The molecule has 1 aromatic rings. The van der Waals surface area contributed by atoms with E-state index in [1.165, 1.54) is 0 Å². The van der Waals surface area contributed by atoms with Crippen molar-refractivity contribution in [2.24, 2.45) is 5.41 Å². The highest BCUT2D eigenvalue weighted by molar-refractivity contribution is 6.05. The predicted octanol–water partition coefficient (Wildman–Crippen LogP) is 1.97. The number of aliphatic carboxylic acids is 1. The molecule has 0 bridgehead atoms. The molecule has 5 nitrogen and oxygen atoms in total. The molecule has 1 saturated heterocycles. The van der Waals surface area contributed by atoms with Gasteiger partial charge in [-0.2, -0.15) is 0 Å². The molecule has 0 radical (unpaired) electrons. The van der Waals surface area contributed by atoms with Gasteiger partial charge in [-0.1, -0.05) is 30.3 Å². The second kappa shape index (κ2) is 5.72. The fraction of sp³-hybridized carbons (Fsp3) is 0.529. The van der Waals surface area contributed by atoms with E-state index in [1.54, 1.807) is 4.90 Å². The zero-order valence-electron chi connectivity index (χ0n) is 12.4. The van der Waals surface area contributed by atoms with Crippen molar-refractivity contribution < 1.29 is 19.8 Å². The van der Waals surface area contributed by atoms with Crippen LogP contribution in [0, 0.1) is 5.41 Å². The summed E-state index contributed by atoms with van der Waals surface area (Å²) >= 11 is 0. The van der Waals surface area contributed by atoms with Gasteiger partial charge < -0.3 is 15.1 Å². The lowest BCUT2D eigenvalue weighted by Gasteiger charge is -2.29. The Kier molecular flexibility index (Phi) is 3.91. The van der Waals surface area contributed by atoms with Crippen LogP contribution in [0.1, 0.15) is 43.8 Å². The van der Waals surface area contributed by atoms with E-state index in [4.69, 9.17) is 0 Å². The summed E-state index contributed by atoms with van der Waals surface area (Å²) in [6.45, 7) is 0.597. The lowest BCUT2D eigenvalue weighted by atomic mass is 9.99. The molecule has 118 valence electrons. The van der Waals surface area contributed by atoms with E-state index in [2.05, 4.69) is 0 Å². The van der Waals surface area contributed by atoms with Crippen LogP contribution in [0.5, 0.6) is 0 Å². The van der Waals surface area contributed by atoms with E-state index in [9.17, 15) is 19.8 Å². The number of likely N-dealkylation sites (tertiary alicyclic amines) is 1. The summed E-state index contributed by atoms with van der Waals surface area (Å²) in [4.78, 5) is 25.6. The van der Waals surface area contributed by atoms with Crippen molar-refractivity contribution in [2.45, 2.75) is 44.2 Å². The summed E-state index contributed by atoms with van der Waals surface area (Å²) in [5, 5.41) is 19.6. The van der Waals surface area contributed by atoms with Gasteiger partial charge in [0.15, 0.2) is 0 Å². The SMILES string of the molecule is O=C(O)C1(C(=O)N2CCCC2CC(O)c2ccccc2)CC1. The van der Waals surface area contributed by atoms with Gasteiger partial charge in [0.1, 0.15) is 5.41 Å². The third kappa shape index (κ3) is 2.61. The van der Waals surface area contributed by atoms with Gasteiger partial charge in [-0.15, -0.1) is 0 Å². The third-order valence-electron chi connectivity index (χ3n) is 4.89. The maximum atomic E-state index is 12.6. The molecule has 22 heavy (non-hydrogen) atoms. The number of benzene rings is 1. The fourth-order valence-electron chi connectivity index (χ4n) is 3.34. The largest absolute Gasteiger partial charge is 0.480 e. The van der Waals surface area contributed by atoms with Crippen molar-refractivity contribution in [3.63, 3.8) is 0 Å². The van der Waals surface area contributed by atoms with E-state index in [0.29, 0.717) is 25.8 Å². The Hall–Kier alpha value is -1.88. The van der Waals surface area contributed by atoms with Gasteiger partial charge in [0, 0.05) is 12.6 Å². The van der Waals surface area contributed by atoms with Crippen LogP contribution < -0.4 is 0 Å². The summed E-state index contributed by atoms with van der Waals surface area (Å²) in [7, 11) is 0. The van der Waals surface area contributed by atoms with Crippen LogP contribution in [0.25, 0.3) is 0 Å². The number of amides is 1. The van der Waals surface area contributed by atoms with Crippen LogP contribution in [0.15, 0.2) is 30.3 Å². The molecule has 2 N–H and O–H groups in total.